The SMILES string of the molecule is COC(=O)CCSc1cc(NCCC2=CC(C)=C(Cl)C2)c2ccccc2c1O. The Morgan fingerprint density at radius 3 is 2.75 bits per heavy atom. The highest BCUT2D eigenvalue weighted by Crippen LogP contribution is 2.40. The molecule has 2 aromatic carbocycles. The van der Waals surface area contributed by atoms with E-state index in [0.717, 1.165) is 51.3 Å². The number of hydrogen-bond acceptors (Lipinski definition) is 5. The third-order valence-corrected chi connectivity index (χ3v) is 6.23. The van der Waals surface area contributed by atoms with Crippen LogP contribution in [0.1, 0.15) is 26.2 Å². The molecule has 0 amide bonds. The number of nitrogens with one attached hydrogen (secondary N) is 1. The van der Waals surface area contributed by atoms with Crippen molar-refractivity contribution >= 4 is 45.8 Å². The van der Waals surface area contributed by atoms with Crippen molar-refractivity contribution < 1.29 is 14.6 Å². The molecule has 0 bridgehead atoms. The Balaban J connectivity index is 1.74. The smallest absolute Gasteiger partial charge is 0.306 e. The highest BCUT2D eigenvalue weighted by molar-refractivity contribution is 7.99. The molecule has 0 fully saturated rings. The number of carbonyl (C=O) groups excluding carboxylic acids is 1. The second-order valence-corrected chi connectivity index (χ2v) is 8.33. The number of methoxy groups -OCH3 is 1. The maximum absolute atomic E-state index is 11.4. The normalized spacial score (nSPS) is 13.8. The minimum absolute atomic E-state index is 0.251. The van der Waals surface area contributed by atoms with Crippen molar-refractivity contribution in [2.45, 2.75) is 31.1 Å². The van der Waals surface area contributed by atoms with Crippen LogP contribution in [0.2, 0.25) is 0 Å². The number of phenols is 1. The summed E-state index contributed by atoms with van der Waals surface area (Å²) in [6, 6.07) is 9.74. The minimum Gasteiger partial charge on any atom is -0.506 e. The number of rotatable bonds is 8. The van der Waals surface area contributed by atoms with Gasteiger partial charge in [0.2, 0.25) is 0 Å². The summed E-state index contributed by atoms with van der Waals surface area (Å²) in [6.07, 6.45) is 4.21. The van der Waals surface area contributed by atoms with Gasteiger partial charge in [-0.25, -0.2) is 0 Å². The third-order valence-electron chi connectivity index (χ3n) is 4.76. The number of esters is 1. The fraction of sp³-hybridized carbons (Fsp3) is 0.318. The van der Waals surface area contributed by atoms with Gasteiger partial charge in [0.05, 0.1) is 18.4 Å². The van der Waals surface area contributed by atoms with E-state index < -0.39 is 0 Å². The molecular weight excluding hydrogens is 394 g/mol. The second-order valence-electron chi connectivity index (χ2n) is 6.74. The fourth-order valence-electron chi connectivity index (χ4n) is 3.23. The molecule has 0 heterocycles. The lowest BCUT2D eigenvalue weighted by Gasteiger charge is -2.15. The average Bonchev–Trinajstić information content (AvgIpc) is 3.02. The monoisotopic (exact) mass is 417 g/mol. The largest absolute Gasteiger partial charge is 0.506 e. The molecule has 2 aromatic rings. The summed E-state index contributed by atoms with van der Waals surface area (Å²) in [6.45, 7) is 2.82. The van der Waals surface area contributed by atoms with E-state index in [0.29, 0.717) is 12.2 Å². The fourth-order valence-corrected chi connectivity index (χ4v) is 4.39. The molecule has 0 unspecified atom stereocenters. The van der Waals surface area contributed by atoms with Gasteiger partial charge >= 0.3 is 5.97 Å². The Hall–Kier alpha value is -2.11. The predicted molar refractivity (Wildman–Crippen MR) is 117 cm³/mol. The molecule has 0 spiro atoms. The van der Waals surface area contributed by atoms with Gasteiger partial charge in [-0.15, -0.1) is 11.8 Å². The van der Waals surface area contributed by atoms with Crippen molar-refractivity contribution in [2.75, 3.05) is 24.7 Å². The first kappa shape index (κ1) is 20.6. The van der Waals surface area contributed by atoms with E-state index in [1.54, 1.807) is 0 Å². The van der Waals surface area contributed by atoms with Crippen LogP contribution in [-0.4, -0.2) is 30.5 Å². The van der Waals surface area contributed by atoms with Gasteiger partial charge in [-0.1, -0.05) is 47.5 Å². The Morgan fingerprint density at radius 2 is 2.07 bits per heavy atom. The summed E-state index contributed by atoms with van der Waals surface area (Å²) in [5.74, 6) is 0.550. The first-order valence-electron chi connectivity index (χ1n) is 9.22. The molecule has 6 heteroatoms. The predicted octanol–water partition coefficient (Wildman–Crippen LogP) is 5.85. The van der Waals surface area contributed by atoms with Crippen LogP contribution in [0.4, 0.5) is 5.69 Å². The van der Waals surface area contributed by atoms with Crippen LogP contribution in [0.3, 0.4) is 0 Å². The van der Waals surface area contributed by atoms with Crippen LogP contribution >= 0.6 is 23.4 Å². The van der Waals surface area contributed by atoms with Crippen molar-refractivity contribution in [3.8, 4) is 5.75 Å². The summed E-state index contributed by atoms with van der Waals surface area (Å²) in [5.41, 5.74) is 3.45. The number of hydrogen-bond donors (Lipinski definition) is 2. The van der Waals surface area contributed by atoms with Crippen LogP contribution in [0.25, 0.3) is 10.8 Å². The highest BCUT2D eigenvalue weighted by Gasteiger charge is 2.14. The summed E-state index contributed by atoms with van der Waals surface area (Å²) in [5, 5.41) is 16.9. The van der Waals surface area contributed by atoms with Gasteiger partial charge in [0.1, 0.15) is 5.75 Å². The zero-order valence-corrected chi connectivity index (χ0v) is 17.6. The molecule has 4 nitrogen and oxygen atoms in total. The van der Waals surface area contributed by atoms with E-state index in [-0.39, 0.29) is 11.7 Å². The molecular formula is C22H24ClNO3S. The number of halogens is 1. The summed E-state index contributed by atoms with van der Waals surface area (Å²) < 4.78 is 4.68. The van der Waals surface area contributed by atoms with Gasteiger partial charge in [0.15, 0.2) is 0 Å². The van der Waals surface area contributed by atoms with Gasteiger partial charge in [-0.05, 0) is 25.0 Å². The number of thioether (sulfide) groups is 1. The van der Waals surface area contributed by atoms with E-state index in [2.05, 4.69) is 16.1 Å². The van der Waals surface area contributed by atoms with Gasteiger partial charge in [-0.2, -0.15) is 0 Å². The number of anilines is 1. The lowest BCUT2D eigenvalue weighted by Crippen LogP contribution is -2.04. The molecule has 0 radical (unpaired) electrons. The molecule has 0 saturated carbocycles. The van der Waals surface area contributed by atoms with Gasteiger partial charge < -0.3 is 15.2 Å². The molecule has 0 saturated heterocycles. The summed E-state index contributed by atoms with van der Waals surface area (Å²) >= 11 is 7.65. The van der Waals surface area contributed by atoms with Gasteiger partial charge in [0.25, 0.3) is 0 Å². The standard InChI is InChI=1S/C22H24ClNO3S/c1-14-11-15(12-18(14)23)7-9-24-19-13-20(28-10-8-21(25)27-2)22(26)17-6-4-3-5-16(17)19/h3-6,11,13,24,26H,7-10,12H2,1-2H3. The van der Waals surface area contributed by atoms with Gasteiger partial charge in [-0.3, -0.25) is 4.79 Å². The molecule has 0 atom stereocenters. The van der Waals surface area contributed by atoms with E-state index in [9.17, 15) is 9.90 Å². The maximum Gasteiger partial charge on any atom is 0.306 e. The molecule has 28 heavy (non-hydrogen) atoms. The minimum atomic E-state index is -0.251. The van der Waals surface area contributed by atoms with Crippen LogP contribution in [0.5, 0.6) is 5.75 Å². The van der Waals surface area contributed by atoms with E-state index in [1.165, 1.54) is 24.4 Å². The Labute approximate surface area is 174 Å². The lowest BCUT2D eigenvalue weighted by atomic mass is 10.1. The molecule has 0 aromatic heterocycles. The Bertz CT molecular complexity index is 952. The van der Waals surface area contributed by atoms with Crippen molar-refractivity contribution in [3.05, 3.63) is 52.6 Å². The zero-order valence-electron chi connectivity index (χ0n) is 16.0. The Morgan fingerprint density at radius 1 is 1.32 bits per heavy atom. The summed E-state index contributed by atoms with van der Waals surface area (Å²) in [7, 11) is 1.38. The number of benzene rings is 2. The van der Waals surface area contributed by atoms with Crippen molar-refractivity contribution in [1.82, 2.24) is 0 Å². The second kappa shape index (κ2) is 9.39. The van der Waals surface area contributed by atoms with Crippen LogP contribution in [-0.2, 0) is 9.53 Å². The lowest BCUT2D eigenvalue weighted by molar-refractivity contribution is -0.140. The van der Waals surface area contributed by atoms with E-state index in [4.69, 9.17) is 11.6 Å². The topological polar surface area (TPSA) is 58.6 Å². The van der Waals surface area contributed by atoms with E-state index >= 15 is 0 Å². The zero-order chi connectivity index (χ0) is 20.1. The van der Waals surface area contributed by atoms with Crippen molar-refractivity contribution in [2.24, 2.45) is 0 Å². The van der Waals surface area contributed by atoms with E-state index in [1.807, 2.05) is 37.3 Å². The molecule has 1 aliphatic rings. The van der Waals surface area contributed by atoms with Crippen molar-refractivity contribution in [3.63, 3.8) is 0 Å². The number of carbonyl (C=O) groups is 1. The Kier molecular flexibility index (Phi) is 6.92. The number of ether oxygens (including phenoxy) is 1. The number of phenolic OH excluding ortho intramolecular Hbond substituents is 1. The summed E-state index contributed by atoms with van der Waals surface area (Å²) in [4.78, 5) is 12.1. The molecule has 148 valence electrons. The highest BCUT2D eigenvalue weighted by atomic mass is 35.5. The molecule has 1 aliphatic carbocycles. The third kappa shape index (κ3) is 4.83. The average molecular weight is 418 g/mol. The number of fused-ring (bicyclic) bond motifs is 1. The van der Waals surface area contributed by atoms with Crippen LogP contribution < -0.4 is 5.32 Å². The first-order valence-corrected chi connectivity index (χ1v) is 10.6. The molecule has 2 N–H and O–H groups in total. The first-order chi connectivity index (χ1) is 13.5. The number of allylic oxidation sites excluding steroid dienone is 3. The molecule has 3 rings (SSSR count). The maximum atomic E-state index is 11.4. The van der Waals surface area contributed by atoms with Crippen LogP contribution in [0.15, 0.2) is 57.5 Å². The quantitative estimate of drug-likeness (QED) is 0.320. The number of aromatic hydroxyl groups is 1. The van der Waals surface area contributed by atoms with Crippen LogP contribution in [0, 0.1) is 0 Å². The van der Waals surface area contributed by atoms with Gasteiger partial charge in [0, 0.05) is 40.2 Å². The van der Waals surface area contributed by atoms with Crippen molar-refractivity contribution in [1.29, 1.82) is 0 Å². The molecule has 0 aliphatic heterocycles.